The third kappa shape index (κ3) is 6.32. The maximum atomic E-state index is 14.7. The van der Waals surface area contributed by atoms with Gasteiger partial charge in [0.2, 0.25) is 5.75 Å². The van der Waals surface area contributed by atoms with Gasteiger partial charge in [-0.3, -0.25) is 0 Å². The van der Waals surface area contributed by atoms with Crippen LogP contribution in [0.3, 0.4) is 0 Å². The first-order chi connectivity index (χ1) is 18.5. The minimum absolute atomic E-state index is 0.0392. The van der Waals surface area contributed by atoms with Crippen molar-refractivity contribution in [1.82, 2.24) is 0 Å². The van der Waals surface area contributed by atoms with E-state index in [0.717, 1.165) is 48.6 Å². The third-order valence-corrected chi connectivity index (χ3v) is 7.40. The van der Waals surface area contributed by atoms with Gasteiger partial charge in [0.15, 0.2) is 11.6 Å². The molecule has 0 aromatic heterocycles. The number of alkyl halides is 5. The molecule has 0 bridgehead atoms. The topological polar surface area (TPSA) is 27.7 Å². The molecule has 2 unspecified atom stereocenters. The zero-order chi connectivity index (χ0) is 27.8. The average molecular weight is 555 g/mol. The molecule has 0 N–H and O–H groups in total. The predicted molar refractivity (Wildman–Crippen MR) is 128 cm³/mol. The number of benzene rings is 3. The van der Waals surface area contributed by atoms with Crippen molar-refractivity contribution >= 4 is 0 Å². The van der Waals surface area contributed by atoms with E-state index in [9.17, 15) is 30.7 Å². The van der Waals surface area contributed by atoms with Crippen LogP contribution in [0.1, 0.15) is 49.3 Å². The summed E-state index contributed by atoms with van der Waals surface area (Å²) in [7, 11) is 0. The fourth-order valence-corrected chi connectivity index (χ4v) is 5.08. The zero-order valence-corrected chi connectivity index (χ0v) is 20.6. The van der Waals surface area contributed by atoms with E-state index < -0.39 is 41.2 Å². The van der Waals surface area contributed by atoms with Crippen molar-refractivity contribution in [1.29, 1.82) is 0 Å². The number of ether oxygens (including phenoxy) is 3. The van der Waals surface area contributed by atoms with Gasteiger partial charge in [0.05, 0.1) is 18.3 Å². The standard InChI is InChI=1S/C29H25F7O3/c30-24-14-23(15-25(31)27(24)39-29(34,35)36)38-28(32,33)22-11-8-19(9-12-22)18-4-6-20(7-5-18)26-13-10-21(16-37-26)17-2-1-3-17/h4-9,11-12,14-15,17,21,26H,1-3,10,13,16H2. The van der Waals surface area contributed by atoms with Gasteiger partial charge < -0.3 is 14.2 Å². The first kappa shape index (κ1) is 27.3. The number of hydrogen-bond acceptors (Lipinski definition) is 3. The van der Waals surface area contributed by atoms with E-state index in [1.165, 1.54) is 31.4 Å². The fourth-order valence-electron chi connectivity index (χ4n) is 5.08. The van der Waals surface area contributed by atoms with E-state index in [1.54, 1.807) is 0 Å². The van der Waals surface area contributed by atoms with Gasteiger partial charge >= 0.3 is 12.5 Å². The average Bonchev–Trinajstić information content (AvgIpc) is 2.85. The number of hydrogen-bond donors (Lipinski definition) is 0. The van der Waals surface area contributed by atoms with Crippen molar-refractivity contribution in [2.45, 2.75) is 50.7 Å². The maximum absolute atomic E-state index is 14.7. The normalized spacial score (nSPS) is 20.4. The van der Waals surface area contributed by atoms with Crippen LogP contribution in [0, 0.1) is 23.5 Å². The van der Waals surface area contributed by atoms with Crippen molar-refractivity contribution in [3.63, 3.8) is 0 Å². The molecule has 39 heavy (non-hydrogen) atoms. The Hall–Kier alpha value is -3.27. The van der Waals surface area contributed by atoms with E-state index in [0.29, 0.717) is 11.5 Å². The Kier molecular flexibility index (Phi) is 7.50. The Bertz CT molecular complexity index is 1250. The number of halogens is 7. The molecular weight excluding hydrogens is 529 g/mol. The third-order valence-electron chi connectivity index (χ3n) is 7.40. The summed E-state index contributed by atoms with van der Waals surface area (Å²) in [4.78, 5) is 0. The van der Waals surface area contributed by atoms with Crippen LogP contribution < -0.4 is 9.47 Å². The van der Waals surface area contributed by atoms with Gasteiger partial charge in [0.25, 0.3) is 0 Å². The van der Waals surface area contributed by atoms with Crippen LogP contribution in [-0.4, -0.2) is 13.0 Å². The molecule has 5 rings (SSSR count). The van der Waals surface area contributed by atoms with Crippen LogP contribution in [-0.2, 0) is 10.8 Å². The summed E-state index contributed by atoms with van der Waals surface area (Å²) < 4.78 is 108. The summed E-state index contributed by atoms with van der Waals surface area (Å²) in [6.45, 7) is 0.777. The van der Waals surface area contributed by atoms with E-state index >= 15 is 0 Å². The molecule has 3 aromatic rings. The van der Waals surface area contributed by atoms with Gasteiger partial charge in [-0.25, -0.2) is 8.78 Å². The molecule has 3 aromatic carbocycles. The molecule has 1 heterocycles. The van der Waals surface area contributed by atoms with Crippen molar-refractivity contribution in [3.8, 4) is 22.6 Å². The molecule has 0 radical (unpaired) electrons. The largest absolute Gasteiger partial charge is 0.573 e. The molecule has 208 valence electrons. The minimum atomic E-state index is -5.36. The summed E-state index contributed by atoms with van der Waals surface area (Å²) in [6.07, 6.45) is -3.31. The van der Waals surface area contributed by atoms with Gasteiger partial charge in [0, 0.05) is 12.1 Å². The van der Waals surface area contributed by atoms with Crippen molar-refractivity contribution < 1.29 is 44.9 Å². The van der Waals surface area contributed by atoms with E-state index in [-0.39, 0.29) is 18.2 Å². The van der Waals surface area contributed by atoms with Gasteiger partial charge in [-0.2, -0.15) is 8.78 Å². The summed E-state index contributed by atoms with van der Waals surface area (Å²) in [5.41, 5.74) is 1.90. The molecule has 1 aliphatic heterocycles. The van der Waals surface area contributed by atoms with Crippen LogP contribution in [0.15, 0.2) is 60.7 Å². The second-order valence-electron chi connectivity index (χ2n) is 9.93. The smallest absolute Gasteiger partial charge is 0.429 e. The van der Waals surface area contributed by atoms with Crippen LogP contribution >= 0.6 is 0 Å². The first-order valence-corrected chi connectivity index (χ1v) is 12.6. The van der Waals surface area contributed by atoms with Gasteiger partial charge in [-0.05, 0) is 53.5 Å². The van der Waals surface area contributed by atoms with Crippen molar-refractivity contribution in [2.75, 3.05) is 6.61 Å². The Balaban J connectivity index is 1.23. The lowest BCUT2D eigenvalue weighted by Gasteiger charge is -2.38. The molecule has 1 saturated carbocycles. The maximum Gasteiger partial charge on any atom is 0.573 e. The van der Waals surface area contributed by atoms with Crippen LogP contribution in [0.2, 0.25) is 0 Å². The lowest BCUT2D eigenvalue weighted by Crippen LogP contribution is -2.30. The van der Waals surface area contributed by atoms with E-state index in [4.69, 9.17) is 4.74 Å². The van der Waals surface area contributed by atoms with Gasteiger partial charge in [-0.1, -0.05) is 55.7 Å². The molecule has 1 saturated heterocycles. The quantitative estimate of drug-likeness (QED) is 0.273. The highest BCUT2D eigenvalue weighted by molar-refractivity contribution is 5.64. The predicted octanol–water partition coefficient (Wildman–Crippen LogP) is 8.93. The lowest BCUT2D eigenvalue weighted by atomic mass is 9.73. The Morgan fingerprint density at radius 3 is 1.77 bits per heavy atom. The van der Waals surface area contributed by atoms with Crippen molar-refractivity contribution in [2.24, 2.45) is 11.8 Å². The molecule has 3 nitrogen and oxygen atoms in total. The lowest BCUT2D eigenvalue weighted by molar-refractivity contribution is -0.276. The molecule has 2 atom stereocenters. The fraction of sp³-hybridized carbons (Fsp3) is 0.379. The van der Waals surface area contributed by atoms with Gasteiger partial charge in [0.1, 0.15) is 5.75 Å². The van der Waals surface area contributed by atoms with Crippen LogP contribution in [0.4, 0.5) is 30.7 Å². The Morgan fingerprint density at radius 1 is 0.692 bits per heavy atom. The molecule has 0 spiro atoms. The molecule has 2 fully saturated rings. The summed E-state index contributed by atoms with van der Waals surface area (Å²) in [6, 6.07) is 13.2. The SMILES string of the molecule is Fc1cc(OC(F)(F)c2ccc(-c3ccc(C4CCC(C5CCC5)CO4)cc3)cc2)cc(F)c1OC(F)(F)F. The van der Waals surface area contributed by atoms with E-state index in [2.05, 4.69) is 9.47 Å². The highest BCUT2D eigenvalue weighted by Crippen LogP contribution is 2.42. The molecule has 10 heteroatoms. The second kappa shape index (κ2) is 10.7. The van der Waals surface area contributed by atoms with Gasteiger partial charge in [-0.15, -0.1) is 13.2 Å². The summed E-state index contributed by atoms with van der Waals surface area (Å²) in [5.74, 6) is -5.00. The van der Waals surface area contributed by atoms with Crippen LogP contribution in [0.5, 0.6) is 11.5 Å². The molecule has 1 aliphatic carbocycles. The zero-order valence-electron chi connectivity index (χ0n) is 20.6. The second-order valence-corrected chi connectivity index (χ2v) is 9.93. The molecule has 2 aliphatic rings. The Labute approximate surface area is 220 Å². The summed E-state index contributed by atoms with van der Waals surface area (Å²) in [5, 5.41) is 0. The Morgan fingerprint density at radius 2 is 1.28 bits per heavy atom. The minimum Gasteiger partial charge on any atom is -0.429 e. The molecule has 0 amide bonds. The highest BCUT2D eigenvalue weighted by Gasteiger charge is 2.37. The molecular formula is C29H25F7O3. The number of rotatable bonds is 7. The van der Waals surface area contributed by atoms with Crippen molar-refractivity contribution in [3.05, 3.63) is 83.4 Å². The van der Waals surface area contributed by atoms with E-state index in [1.807, 2.05) is 24.3 Å². The summed E-state index contributed by atoms with van der Waals surface area (Å²) >= 11 is 0. The first-order valence-electron chi connectivity index (χ1n) is 12.6. The monoisotopic (exact) mass is 554 g/mol. The van der Waals surface area contributed by atoms with Crippen LogP contribution in [0.25, 0.3) is 11.1 Å². The highest BCUT2D eigenvalue weighted by atomic mass is 19.4.